The van der Waals surface area contributed by atoms with Crippen molar-refractivity contribution in [2.45, 2.75) is 19.3 Å². The van der Waals surface area contributed by atoms with Gasteiger partial charge in [0.2, 0.25) is 0 Å². The molecule has 0 aliphatic carbocycles. The van der Waals surface area contributed by atoms with Crippen LogP contribution in [0, 0.1) is 5.82 Å². The molecule has 0 saturated heterocycles. The Morgan fingerprint density at radius 3 is 2.67 bits per heavy atom. The molecule has 1 rings (SSSR count). The van der Waals surface area contributed by atoms with Crippen LogP contribution >= 0.6 is 0 Å². The van der Waals surface area contributed by atoms with Crippen molar-refractivity contribution in [3.63, 3.8) is 0 Å². The first-order valence-electron chi connectivity index (χ1n) is 5.55. The summed E-state index contributed by atoms with van der Waals surface area (Å²) in [5, 5.41) is 11.4. The molecule has 5 nitrogen and oxygen atoms in total. The summed E-state index contributed by atoms with van der Waals surface area (Å²) in [5.41, 5.74) is 5.68. The number of hydrogen-bond donors (Lipinski definition) is 3. The molecule has 18 heavy (non-hydrogen) atoms. The van der Waals surface area contributed by atoms with Gasteiger partial charge in [-0.2, -0.15) is 0 Å². The molecule has 0 atom stereocenters. The summed E-state index contributed by atoms with van der Waals surface area (Å²) in [5.74, 6) is -2.07. The Balaban J connectivity index is 2.51. The molecule has 0 saturated carbocycles. The summed E-state index contributed by atoms with van der Waals surface area (Å²) in [4.78, 5) is 21.4. The first-order chi connectivity index (χ1) is 8.50. The monoisotopic (exact) mass is 254 g/mol. The third-order valence-electron chi connectivity index (χ3n) is 2.38. The van der Waals surface area contributed by atoms with E-state index in [1.165, 1.54) is 12.1 Å². The lowest BCUT2D eigenvalue weighted by atomic mass is 10.1. The highest BCUT2D eigenvalue weighted by Crippen LogP contribution is 2.16. The van der Waals surface area contributed by atoms with Crippen LogP contribution in [0.2, 0.25) is 0 Å². The SMILES string of the molecule is NC(=O)c1cc(F)ccc1NCCCCC(=O)O. The van der Waals surface area contributed by atoms with Crippen molar-refractivity contribution in [3.05, 3.63) is 29.6 Å². The Morgan fingerprint density at radius 2 is 2.06 bits per heavy atom. The van der Waals surface area contributed by atoms with Gasteiger partial charge in [-0.1, -0.05) is 0 Å². The van der Waals surface area contributed by atoms with Gasteiger partial charge in [0.1, 0.15) is 5.82 Å². The minimum absolute atomic E-state index is 0.0910. The maximum Gasteiger partial charge on any atom is 0.303 e. The first kappa shape index (κ1) is 14.0. The summed E-state index contributed by atoms with van der Waals surface area (Å²) in [6.07, 6.45) is 1.28. The van der Waals surface area contributed by atoms with E-state index in [0.717, 1.165) is 6.07 Å². The van der Waals surface area contributed by atoms with Crippen LogP contribution in [-0.4, -0.2) is 23.5 Å². The number of rotatable bonds is 7. The first-order valence-corrected chi connectivity index (χ1v) is 5.55. The number of primary amides is 1. The number of carboxylic acids is 1. The molecule has 4 N–H and O–H groups in total. The smallest absolute Gasteiger partial charge is 0.303 e. The van der Waals surface area contributed by atoms with E-state index in [0.29, 0.717) is 25.1 Å². The van der Waals surface area contributed by atoms with E-state index in [9.17, 15) is 14.0 Å². The molecular formula is C12H15FN2O3. The van der Waals surface area contributed by atoms with Gasteiger partial charge in [0.15, 0.2) is 0 Å². The standard InChI is InChI=1S/C12H15FN2O3/c13-8-4-5-10(9(7-8)12(14)18)15-6-2-1-3-11(16)17/h4-5,7,15H,1-3,6H2,(H2,14,18)(H,16,17). The highest BCUT2D eigenvalue weighted by molar-refractivity contribution is 5.98. The van der Waals surface area contributed by atoms with Crippen LogP contribution in [0.25, 0.3) is 0 Å². The molecular weight excluding hydrogens is 239 g/mol. The molecule has 0 fully saturated rings. The highest BCUT2D eigenvalue weighted by Gasteiger charge is 2.08. The molecule has 1 aromatic carbocycles. The number of carbonyl (C=O) groups is 2. The Morgan fingerprint density at radius 1 is 1.33 bits per heavy atom. The van der Waals surface area contributed by atoms with Gasteiger partial charge in [0.05, 0.1) is 5.56 Å². The number of carboxylic acid groups (broad SMARTS) is 1. The number of unbranched alkanes of at least 4 members (excludes halogenated alkanes) is 1. The van der Waals surface area contributed by atoms with Gasteiger partial charge in [0.25, 0.3) is 5.91 Å². The van der Waals surface area contributed by atoms with Gasteiger partial charge < -0.3 is 16.2 Å². The number of anilines is 1. The fourth-order valence-corrected chi connectivity index (χ4v) is 1.50. The molecule has 0 bridgehead atoms. The lowest BCUT2D eigenvalue weighted by molar-refractivity contribution is -0.137. The van der Waals surface area contributed by atoms with Crippen molar-refractivity contribution in [1.29, 1.82) is 0 Å². The molecule has 0 spiro atoms. The van der Waals surface area contributed by atoms with E-state index in [2.05, 4.69) is 5.32 Å². The fourth-order valence-electron chi connectivity index (χ4n) is 1.50. The minimum Gasteiger partial charge on any atom is -0.481 e. The maximum atomic E-state index is 12.9. The number of hydrogen-bond acceptors (Lipinski definition) is 3. The zero-order valence-corrected chi connectivity index (χ0v) is 9.78. The van der Waals surface area contributed by atoms with Crippen LogP contribution in [-0.2, 0) is 4.79 Å². The molecule has 0 aromatic heterocycles. The number of aliphatic carboxylic acids is 1. The lowest BCUT2D eigenvalue weighted by Gasteiger charge is -2.09. The molecule has 98 valence electrons. The lowest BCUT2D eigenvalue weighted by Crippen LogP contribution is -2.15. The van der Waals surface area contributed by atoms with E-state index in [-0.39, 0.29) is 12.0 Å². The summed E-state index contributed by atoms with van der Waals surface area (Å²) in [6.45, 7) is 0.499. The van der Waals surface area contributed by atoms with Crippen molar-refractivity contribution in [2.75, 3.05) is 11.9 Å². The largest absolute Gasteiger partial charge is 0.481 e. The molecule has 0 heterocycles. The van der Waals surface area contributed by atoms with E-state index >= 15 is 0 Å². The molecule has 6 heteroatoms. The van der Waals surface area contributed by atoms with Gasteiger partial charge in [-0.15, -0.1) is 0 Å². The van der Waals surface area contributed by atoms with E-state index in [4.69, 9.17) is 10.8 Å². The van der Waals surface area contributed by atoms with Crippen molar-refractivity contribution in [1.82, 2.24) is 0 Å². The maximum absolute atomic E-state index is 12.9. The third kappa shape index (κ3) is 4.40. The van der Waals surface area contributed by atoms with Crippen LogP contribution in [0.3, 0.4) is 0 Å². The Hall–Kier alpha value is -2.11. The average molecular weight is 254 g/mol. The van der Waals surface area contributed by atoms with E-state index < -0.39 is 17.7 Å². The third-order valence-corrected chi connectivity index (χ3v) is 2.38. The van der Waals surface area contributed by atoms with Crippen molar-refractivity contribution in [3.8, 4) is 0 Å². The number of halogens is 1. The fraction of sp³-hybridized carbons (Fsp3) is 0.333. The van der Waals surface area contributed by atoms with Gasteiger partial charge in [-0.25, -0.2) is 4.39 Å². The highest BCUT2D eigenvalue weighted by atomic mass is 19.1. The summed E-state index contributed by atoms with van der Waals surface area (Å²) in [6, 6.07) is 3.74. The average Bonchev–Trinajstić information content (AvgIpc) is 2.29. The van der Waals surface area contributed by atoms with Crippen molar-refractivity contribution >= 4 is 17.6 Å². The van der Waals surface area contributed by atoms with Crippen molar-refractivity contribution in [2.24, 2.45) is 5.73 Å². The van der Waals surface area contributed by atoms with E-state index in [1.807, 2.05) is 0 Å². The van der Waals surface area contributed by atoms with E-state index in [1.54, 1.807) is 0 Å². The minimum atomic E-state index is -0.838. The molecule has 1 aromatic rings. The van der Waals surface area contributed by atoms with Crippen molar-refractivity contribution < 1.29 is 19.1 Å². The molecule has 0 aliphatic rings. The number of amides is 1. The van der Waals surface area contributed by atoms with Crippen LogP contribution in [0.1, 0.15) is 29.6 Å². The summed E-state index contributed by atoms with van der Waals surface area (Å²) < 4.78 is 12.9. The Labute approximate surface area is 104 Å². The number of nitrogens with two attached hydrogens (primary N) is 1. The van der Waals surface area contributed by atoms with Gasteiger partial charge >= 0.3 is 5.97 Å². The second kappa shape index (κ2) is 6.58. The Bertz CT molecular complexity index is 449. The predicted molar refractivity (Wildman–Crippen MR) is 64.9 cm³/mol. The molecule has 0 aliphatic heterocycles. The van der Waals surface area contributed by atoms with Crippen LogP contribution in [0.4, 0.5) is 10.1 Å². The normalized spacial score (nSPS) is 10.1. The molecule has 1 amide bonds. The number of nitrogens with one attached hydrogen (secondary N) is 1. The molecule has 0 radical (unpaired) electrons. The Kier molecular flexibility index (Phi) is 5.10. The van der Waals surface area contributed by atoms with Gasteiger partial charge in [-0.05, 0) is 31.0 Å². The topological polar surface area (TPSA) is 92.4 Å². The zero-order chi connectivity index (χ0) is 13.5. The zero-order valence-electron chi connectivity index (χ0n) is 9.78. The van der Waals surface area contributed by atoms with Crippen LogP contribution in [0.15, 0.2) is 18.2 Å². The second-order valence-electron chi connectivity index (χ2n) is 3.83. The predicted octanol–water partition coefficient (Wildman–Crippen LogP) is 1.59. The van der Waals surface area contributed by atoms with Gasteiger partial charge in [-0.3, -0.25) is 9.59 Å². The number of carbonyl (C=O) groups excluding carboxylic acids is 1. The second-order valence-corrected chi connectivity index (χ2v) is 3.83. The van der Waals surface area contributed by atoms with Crippen LogP contribution in [0.5, 0.6) is 0 Å². The quantitative estimate of drug-likeness (QED) is 0.644. The summed E-state index contributed by atoms with van der Waals surface area (Å²) in [7, 11) is 0. The van der Waals surface area contributed by atoms with Crippen LogP contribution < -0.4 is 11.1 Å². The van der Waals surface area contributed by atoms with Gasteiger partial charge in [0, 0.05) is 18.7 Å². The summed E-state index contributed by atoms with van der Waals surface area (Å²) >= 11 is 0. The number of benzene rings is 1. The molecule has 0 unspecified atom stereocenters.